The molecule has 0 heterocycles. The van der Waals surface area contributed by atoms with Crippen molar-refractivity contribution in [2.45, 2.75) is 25.2 Å². The third-order valence-corrected chi connectivity index (χ3v) is 6.43. The second-order valence-electron chi connectivity index (χ2n) is 7.51. The van der Waals surface area contributed by atoms with E-state index in [1.54, 1.807) is 24.3 Å². The largest absolute Gasteiger partial charge is 0.495 e. The second-order valence-corrected chi connectivity index (χ2v) is 9.16. The molecule has 32 heavy (non-hydrogen) atoms. The molecule has 9 nitrogen and oxygen atoms in total. The fourth-order valence-corrected chi connectivity index (χ4v) is 4.41. The summed E-state index contributed by atoms with van der Waals surface area (Å²) in [6.45, 7) is 4.14. The molecule has 10 heteroatoms. The summed E-state index contributed by atoms with van der Waals surface area (Å²) in [6, 6.07) is 10.8. The molecule has 2 aromatic carbocycles. The summed E-state index contributed by atoms with van der Waals surface area (Å²) in [5.41, 5.74) is 0.610. The molecule has 1 saturated carbocycles. The van der Waals surface area contributed by atoms with Crippen molar-refractivity contribution >= 4 is 33.2 Å². The minimum atomic E-state index is -4.01. The molecule has 1 aliphatic carbocycles. The Morgan fingerprint density at radius 1 is 1.09 bits per heavy atom. The Morgan fingerprint density at radius 2 is 1.75 bits per heavy atom. The number of anilines is 2. The molecule has 2 atom stereocenters. The van der Waals surface area contributed by atoms with E-state index in [0.29, 0.717) is 24.0 Å². The smallest absolute Gasteiger partial charge is 0.265 e. The highest BCUT2D eigenvalue weighted by molar-refractivity contribution is 7.92. The fraction of sp³-hybridized carbons (Fsp3) is 0.364. The minimum Gasteiger partial charge on any atom is -0.495 e. The Kier molecular flexibility index (Phi) is 7.24. The average Bonchev–Trinajstić information content (AvgIpc) is 3.50. The van der Waals surface area contributed by atoms with Crippen molar-refractivity contribution in [2.75, 3.05) is 30.3 Å². The van der Waals surface area contributed by atoms with Crippen LogP contribution in [-0.2, 0) is 19.6 Å². The summed E-state index contributed by atoms with van der Waals surface area (Å²) in [5.74, 6) is 0.452. The highest BCUT2D eigenvalue weighted by Crippen LogP contribution is 2.37. The lowest BCUT2D eigenvalue weighted by Crippen LogP contribution is -2.34. The molecule has 2 unspecified atom stereocenters. The van der Waals surface area contributed by atoms with Gasteiger partial charge in [-0.2, -0.15) is 0 Å². The van der Waals surface area contributed by atoms with Crippen molar-refractivity contribution in [3.8, 4) is 11.5 Å². The number of amides is 2. The highest BCUT2D eigenvalue weighted by atomic mass is 32.2. The molecule has 172 valence electrons. The van der Waals surface area contributed by atoms with Crippen LogP contribution in [0.1, 0.15) is 20.3 Å². The summed E-state index contributed by atoms with van der Waals surface area (Å²) in [7, 11) is -2.65. The van der Waals surface area contributed by atoms with Gasteiger partial charge in [0.1, 0.15) is 16.4 Å². The molecule has 0 aliphatic heterocycles. The monoisotopic (exact) mass is 461 g/mol. The average molecular weight is 462 g/mol. The number of nitrogens with one attached hydrogen (secondary N) is 3. The van der Waals surface area contributed by atoms with Crippen molar-refractivity contribution in [3.05, 3.63) is 42.5 Å². The molecule has 0 aromatic heterocycles. The Balaban J connectivity index is 1.70. The molecule has 2 amide bonds. The number of methoxy groups -OCH3 is 1. The number of carbonyl (C=O) groups excluding carboxylic acids is 2. The van der Waals surface area contributed by atoms with Crippen LogP contribution in [0.25, 0.3) is 0 Å². The van der Waals surface area contributed by atoms with Gasteiger partial charge in [-0.05, 0) is 61.7 Å². The van der Waals surface area contributed by atoms with Gasteiger partial charge in [0.2, 0.25) is 11.8 Å². The fourth-order valence-electron chi connectivity index (χ4n) is 3.15. The lowest BCUT2D eigenvalue weighted by atomic mass is 10.3. The van der Waals surface area contributed by atoms with E-state index >= 15 is 0 Å². The maximum Gasteiger partial charge on any atom is 0.265 e. The number of benzene rings is 2. The lowest BCUT2D eigenvalue weighted by molar-refractivity contribution is -0.125. The van der Waals surface area contributed by atoms with E-state index in [0.717, 1.165) is 6.42 Å². The van der Waals surface area contributed by atoms with Gasteiger partial charge in [-0.1, -0.05) is 6.92 Å². The Bertz CT molecular complexity index is 1090. The van der Waals surface area contributed by atoms with Crippen LogP contribution in [0.5, 0.6) is 11.5 Å². The summed E-state index contributed by atoms with van der Waals surface area (Å²) in [5, 5.41) is 5.19. The van der Waals surface area contributed by atoms with Crippen molar-refractivity contribution in [1.82, 2.24) is 5.32 Å². The lowest BCUT2D eigenvalue weighted by Gasteiger charge is -2.14. The van der Waals surface area contributed by atoms with E-state index in [2.05, 4.69) is 15.4 Å². The zero-order valence-electron chi connectivity index (χ0n) is 18.2. The zero-order chi connectivity index (χ0) is 23.3. The quantitative estimate of drug-likeness (QED) is 0.500. The molecule has 3 rings (SSSR count). The van der Waals surface area contributed by atoms with Crippen LogP contribution in [0.15, 0.2) is 47.4 Å². The van der Waals surface area contributed by atoms with Crippen LogP contribution in [0.4, 0.5) is 11.4 Å². The topological polar surface area (TPSA) is 123 Å². The Labute approximate surface area is 187 Å². The van der Waals surface area contributed by atoms with Crippen LogP contribution in [0, 0.1) is 11.8 Å². The summed E-state index contributed by atoms with van der Waals surface area (Å²) >= 11 is 0. The molecule has 1 aliphatic rings. The molecule has 0 spiro atoms. The van der Waals surface area contributed by atoms with Crippen LogP contribution < -0.4 is 24.8 Å². The normalized spacial score (nSPS) is 17.2. The van der Waals surface area contributed by atoms with Crippen LogP contribution in [-0.4, -0.2) is 40.5 Å². The van der Waals surface area contributed by atoms with Gasteiger partial charge < -0.3 is 20.1 Å². The third kappa shape index (κ3) is 5.91. The molecule has 2 aromatic rings. The van der Waals surface area contributed by atoms with Gasteiger partial charge in [0.05, 0.1) is 20.3 Å². The number of hydrogen-bond donors (Lipinski definition) is 3. The van der Waals surface area contributed by atoms with E-state index in [1.165, 1.54) is 25.3 Å². The first-order valence-electron chi connectivity index (χ1n) is 10.2. The minimum absolute atomic E-state index is 0.0331. The molecule has 0 radical (unpaired) electrons. The van der Waals surface area contributed by atoms with Crippen molar-refractivity contribution in [2.24, 2.45) is 11.8 Å². The van der Waals surface area contributed by atoms with E-state index < -0.39 is 15.9 Å². The number of rotatable bonds is 10. The standard InChI is InChI=1S/C22H27N3O6S/c1-4-31-17-8-5-15(6-9-17)25-32(28,29)20-12-16(7-10-19(20)30-3)24-21(26)13-23-22(27)18-11-14(18)2/h5-10,12,14,18,25H,4,11,13H2,1-3H3,(H,23,27)(H,24,26). The zero-order valence-corrected chi connectivity index (χ0v) is 19.0. The van der Waals surface area contributed by atoms with E-state index in [1.807, 2.05) is 13.8 Å². The first-order valence-corrected chi connectivity index (χ1v) is 11.7. The maximum atomic E-state index is 13.0. The number of ether oxygens (including phenoxy) is 2. The predicted octanol–water partition coefficient (Wildman–Crippen LogP) is 2.61. The van der Waals surface area contributed by atoms with Gasteiger partial charge in [0.25, 0.3) is 10.0 Å². The Hall–Kier alpha value is -3.27. The van der Waals surface area contributed by atoms with Gasteiger partial charge in [-0.25, -0.2) is 8.42 Å². The molecule has 1 fully saturated rings. The summed E-state index contributed by atoms with van der Waals surface area (Å²) in [6.07, 6.45) is 0.828. The van der Waals surface area contributed by atoms with Gasteiger partial charge in [-0.3, -0.25) is 14.3 Å². The van der Waals surface area contributed by atoms with E-state index in [-0.39, 0.29) is 34.7 Å². The molecule has 0 bridgehead atoms. The second kappa shape index (κ2) is 9.90. The molecule has 0 saturated heterocycles. The predicted molar refractivity (Wildman–Crippen MR) is 120 cm³/mol. The van der Waals surface area contributed by atoms with Gasteiger partial charge in [0, 0.05) is 17.3 Å². The highest BCUT2D eigenvalue weighted by Gasteiger charge is 2.39. The van der Waals surface area contributed by atoms with Crippen LogP contribution in [0.3, 0.4) is 0 Å². The van der Waals surface area contributed by atoms with E-state index in [4.69, 9.17) is 9.47 Å². The van der Waals surface area contributed by atoms with Crippen molar-refractivity contribution in [1.29, 1.82) is 0 Å². The molecular formula is C22H27N3O6S. The van der Waals surface area contributed by atoms with Gasteiger partial charge in [-0.15, -0.1) is 0 Å². The van der Waals surface area contributed by atoms with Crippen molar-refractivity contribution < 1.29 is 27.5 Å². The SMILES string of the molecule is CCOc1ccc(NS(=O)(=O)c2cc(NC(=O)CNC(=O)C3CC3C)ccc2OC)cc1. The molecule has 3 N–H and O–H groups in total. The van der Waals surface area contributed by atoms with Gasteiger partial charge in [0.15, 0.2) is 0 Å². The third-order valence-electron chi connectivity index (χ3n) is 5.02. The summed E-state index contributed by atoms with van der Waals surface area (Å²) < 4.78 is 39.0. The molecular weight excluding hydrogens is 434 g/mol. The van der Waals surface area contributed by atoms with Crippen LogP contribution in [0.2, 0.25) is 0 Å². The van der Waals surface area contributed by atoms with Crippen LogP contribution >= 0.6 is 0 Å². The van der Waals surface area contributed by atoms with Gasteiger partial charge >= 0.3 is 0 Å². The summed E-state index contributed by atoms with van der Waals surface area (Å²) in [4.78, 5) is 23.9. The van der Waals surface area contributed by atoms with Crippen molar-refractivity contribution in [3.63, 3.8) is 0 Å². The number of sulfonamides is 1. The Morgan fingerprint density at radius 3 is 2.34 bits per heavy atom. The first kappa shape index (κ1) is 23.4. The number of hydrogen-bond acceptors (Lipinski definition) is 6. The first-order chi connectivity index (χ1) is 15.2. The maximum absolute atomic E-state index is 13.0. The number of carbonyl (C=O) groups is 2. The van der Waals surface area contributed by atoms with E-state index in [9.17, 15) is 18.0 Å².